The van der Waals surface area contributed by atoms with E-state index in [1.807, 2.05) is 27.7 Å². The third kappa shape index (κ3) is 6.73. The Hall–Kier alpha value is -1.32. The first kappa shape index (κ1) is 21.0. The lowest BCUT2D eigenvalue weighted by Crippen LogP contribution is -2.17. The molecule has 4 heteroatoms. The number of alkyl halides is 3. The van der Waals surface area contributed by atoms with E-state index in [1.54, 1.807) is 6.92 Å². The second kappa shape index (κ2) is 10.5. The Kier molecular flexibility index (Phi) is 11.0. The van der Waals surface area contributed by atoms with Crippen molar-refractivity contribution in [2.24, 2.45) is 0 Å². The van der Waals surface area contributed by atoms with E-state index in [4.69, 9.17) is 0 Å². The van der Waals surface area contributed by atoms with E-state index in [-0.39, 0.29) is 11.3 Å². The first-order chi connectivity index (χ1) is 9.36. The van der Waals surface area contributed by atoms with Gasteiger partial charge in [0.05, 0.1) is 5.92 Å². The summed E-state index contributed by atoms with van der Waals surface area (Å²) in [5.74, 6) is -1.57. The van der Waals surface area contributed by atoms with Crippen LogP contribution in [0.3, 0.4) is 0 Å². The van der Waals surface area contributed by atoms with Crippen LogP contribution in [0, 0.1) is 0 Å². The van der Waals surface area contributed by atoms with Crippen LogP contribution >= 0.6 is 0 Å². The minimum absolute atomic E-state index is 0.0637. The van der Waals surface area contributed by atoms with Crippen LogP contribution in [-0.4, -0.2) is 12.0 Å². The maximum atomic E-state index is 12.4. The van der Waals surface area contributed by atoms with E-state index in [0.29, 0.717) is 12.0 Å². The molecule has 1 unspecified atom stereocenters. The molecule has 0 aliphatic heterocycles. The smallest absolute Gasteiger partial charge is 0.294 e. The van der Waals surface area contributed by atoms with Gasteiger partial charge >= 0.3 is 6.18 Å². The maximum absolute atomic E-state index is 12.4. The Morgan fingerprint density at radius 2 is 1.45 bits per heavy atom. The van der Waals surface area contributed by atoms with E-state index in [1.165, 1.54) is 24.3 Å². The van der Waals surface area contributed by atoms with Crippen LogP contribution in [0.5, 0.6) is 0 Å². The van der Waals surface area contributed by atoms with E-state index in [9.17, 15) is 18.0 Å². The summed E-state index contributed by atoms with van der Waals surface area (Å²) < 4.78 is 37.2. The molecule has 116 valence electrons. The summed E-state index contributed by atoms with van der Waals surface area (Å²) in [5.41, 5.74) is 0.640. The Labute approximate surface area is 120 Å². The molecule has 0 bridgehead atoms. The van der Waals surface area contributed by atoms with Gasteiger partial charge in [0.25, 0.3) is 0 Å². The molecule has 0 aromatic heterocycles. The van der Waals surface area contributed by atoms with Crippen molar-refractivity contribution in [2.45, 2.75) is 60.1 Å². The van der Waals surface area contributed by atoms with Gasteiger partial charge in [-0.2, -0.15) is 13.2 Å². The Bertz CT molecular complexity index is 366. The molecule has 0 radical (unpaired) electrons. The van der Waals surface area contributed by atoms with Crippen LogP contribution in [0.15, 0.2) is 24.3 Å². The molecular weight excluding hydrogens is 265 g/mol. The molecule has 0 aliphatic carbocycles. The molecule has 0 aliphatic rings. The lowest BCUT2D eigenvalue weighted by molar-refractivity contribution is -0.146. The second-order valence-corrected chi connectivity index (χ2v) is 3.66. The van der Waals surface area contributed by atoms with E-state index in [2.05, 4.69) is 0 Å². The second-order valence-electron chi connectivity index (χ2n) is 3.66. The number of Topliss-reactive ketones (excluding diaryl/α,β-unsaturated/α-hetero) is 1. The topological polar surface area (TPSA) is 17.1 Å². The van der Waals surface area contributed by atoms with Gasteiger partial charge in [0.1, 0.15) is 0 Å². The molecule has 0 N–H and O–H groups in total. The molecule has 0 saturated heterocycles. The Balaban J connectivity index is 0. The van der Waals surface area contributed by atoms with Gasteiger partial charge in [0.15, 0.2) is 5.78 Å². The van der Waals surface area contributed by atoms with E-state index >= 15 is 0 Å². The molecule has 1 aromatic carbocycles. The van der Waals surface area contributed by atoms with Crippen molar-refractivity contribution in [1.82, 2.24) is 0 Å². The summed E-state index contributed by atoms with van der Waals surface area (Å²) in [6.45, 7) is 10.8. The molecular formula is C16H25F3O. The van der Waals surface area contributed by atoms with Crippen molar-refractivity contribution in [3.05, 3.63) is 35.4 Å². The first-order valence-electron chi connectivity index (χ1n) is 7.06. The normalized spacial score (nSPS) is 11.4. The van der Waals surface area contributed by atoms with Gasteiger partial charge < -0.3 is 0 Å². The summed E-state index contributed by atoms with van der Waals surface area (Å²) in [5, 5.41) is 0. The lowest BCUT2D eigenvalue weighted by Gasteiger charge is -2.15. The summed E-state index contributed by atoms with van der Waals surface area (Å²) in [6, 6.07) is 5.62. The summed E-state index contributed by atoms with van der Waals surface area (Å²) in [4.78, 5) is 11.3. The third-order valence-corrected chi connectivity index (χ3v) is 2.54. The molecule has 1 rings (SSSR count). The number of carbonyl (C=O) groups excluding carboxylic acids is 1. The molecule has 0 amide bonds. The summed E-state index contributed by atoms with van der Waals surface area (Å²) in [7, 11) is 0. The zero-order chi connectivity index (χ0) is 16.3. The molecule has 0 saturated carbocycles. The van der Waals surface area contributed by atoms with Gasteiger partial charge in [-0.25, -0.2) is 0 Å². The van der Waals surface area contributed by atoms with Gasteiger partial charge in [-0.15, -0.1) is 0 Å². The predicted octanol–water partition coefficient (Wildman–Crippen LogP) is 6.00. The van der Waals surface area contributed by atoms with Gasteiger partial charge in [-0.05, 0) is 12.5 Å². The molecule has 1 aromatic rings. The fourth-order valence-corrected chi connectivity index (χ4v) is 1.35. The van der Waals surface area contributed by atoms with Crippen molar-refractivity contribution in [3.8, 4) is 0 Å². The lowest BCUT2D eigenvalue weighted by atomic mass is 9.98. The average molecular weight is 290 g/mol. The van der Waals surface area contributed by atoms with Crippen molar-refractivity contribution < 1.29 is 18.0 Å². The Morgan fingerprint density at radius 3 is 1.75 bits per heavy atom. The van der Waals surface area contributed by atoms with Crippen molar-refractivity contribution in [1.29, 1.82) is 0 Å². The van der Waals surface area contributed by atoms with Crippen LogP contribution in [0.25, 0.3) is 0 Å². The predicted molar refractivity (Wildman–Crippen MR) is 78.2 cm³/mol. The standard InChI is InChI=1S/C12H13F3O.2C2H6/c1-3-11(16)10-6-4-9(5-7-10)8(2)12(13,14)15;2*1-2/h4-8H,3H2,1-2H3;2*1-2H3. The fourth-order valence-electron chi connectivity index (χ4n) is 1.35. The van der Waals surface area contributed by atoms with Gasteiger partial charge in [-0.3, -0.25) is 4.79 Å². The first-order valence-corrected chi connectivity index (χ1v) is 7.06. The number of carbonyl (C=O) groups is 1. The average Bonchev–Trinajstić information content (AvgIpc) is 2.49. The highest BCUT2D eigenvalue weighted by atomic mass is 19.4. The monoisotopic (exact) mass is 290 g/mol. The van der Waals surface area contributed by atoms with Crippen LogP contribution in [0.4, 0.5) is 13.2 Å². The highest BCUT2D eigenvalue weighted by Gasteiger charge is 2.36. The van der Waals surface area contributed by atoms with Crippen molar-refractivity contribution in [3.63, 3.8) is 0 Å². The molecule has 0 fully saturated rings. The quantitative estimate of drug-likeness (QED) is 0.624. The van der Waals surface area contributed by atoms with E-state index < -0.39 is 12.1 Å². The fraction of sp³-hybridized carbons (Fsp3) is 0.562. The van der Waals surface area contributed by atoms with Crippen LogP contribution < -0.4 is 0 Å². The highest BCUT2D eigenvalue weighted by molar-refractivity contribution is 5.95. The molecule has 20 heavy (non-hydrogen) atoms. The third-order valence-electron chi connectivity index (χ3n) is 2.54. The number of halogens is 3. The number of rotatable bonds is 3. The summed E-state index contributed by atoms with van der Waals surface area (Å²) in [6.07, 6.45) is -3.88. The van der Waals surface area contributed by atoms with Gasteiger partial charge in [0.2, 0.25) is 0 Å². The Morgan fingerprint density at radius 1 is 1.05 bits per heavy atom. The minimum atomic E-state index is -4.24. The van der Waals surface area contributed by atoms with Gasteiger partial charge in [-0.1, -0.05) is 58.9 Å². The minimum Gasteiger partial charge on any atom is -0.294 e. The molecule has 1 nitrogen and oxygen atoms in total. The molecule has 1 atom stereocenters. The van der Waals surface area contributed by atoms with Crippen LogP contribution in [0.2, 0.25) is 0 Å². The van der Waals surface area contributed by atoms with Crippen molar-refractivity contribution >= 4 is 5.78 Å². The van der Waals surface area contributed by atoms with Gasteiger partial charge in [0, 0.05) is 12.0 Å². The van der Waals surface area contributed by atoms with E-state index in [0.717, 1.165) is 6.92 Å². The maximum Gasteiger partial charge on any atom is 0.395 e. The SMILES string of the molecule is CC.CC.CCC(=O)c1ccc(C(C)C(F)(F)F)cc1. The van der Waals surface area contributed by atoms with Crippen LogP contribution in [-0.2, 0) is 0 Å². The number of hydrogen-bond donors (Lipinski definition) is 0. The zero-order valence-corrected chi connectivity index (χ0v) is 13.1. The number of hydrogen-bond acceptors (Lipinski definition) is 1. The summed E-state index contributed by atoms with van der Waals surface area (Å²) >= 11 is 0. The van der Waals surface area contributed by atoms with Crippen molar-refractivity contribution in [2.75, 3.05) is 0 Å². The molecule has 0 heterocycles. The largest absolute Gasteiger partial charge is 0.395 e. The number of ketones is 1. The highest BCUT2D eigenvalue weighted by Crippen LogP contribution is 2.34. The molecule has 0 spiro atoms. The number of benzene rings is 1. The van der Waals surface area contributed by atoms with Crippen LogP contribution in [0.1, 0.15) is 69.8 Å². The zero-order valence-electron chi connectivity index (χ0n) is 13.1.